The molecule has 0 radical (unpaired) electrons. The number of aryl methyl sites for hydroxylation is 2. The van der Waals surface area contributed by atoms with Crippen molar-refractivity contribution in [2.45, 2.75) is 19.9 Å². The van der Waals surface area contributed by atoms with Gasteiger partial charge in [0.25, 0.3) is 0 Å². The Morgan fingerprint density at radius 2 is 1.67 bits per heavy atom. The molecule has 2 nitrogen and oxygen atoms in total. The Hall–Kier alpha value is -1.80. The summed E-state index contributed by atoms with van der Waals surface area (Å²) in [5.74, 6) is 0.820. The molecule has 1 atom stereocenters. The number of hydrogen-bond acceptors (Lipinski definition) is 2. The predicted octanol–water partition coefficient (Wildman–Crippen LogP) is 3.38. The number of rotatable bonds is 4. The third-order valence-electron chi connectivity index (χ3n) is 2.93. The largest absolute Gasteiger partial charge is 0.491 e. The quantitative estimate of drug-likeness (QED) is 0.892. The highest BCUT2D eigenvalue weighted by atomic mass is 16.5. The van der Waals surface area contributed by atoms with Crippen LogP contribution >= 0.6 is 0 Å². The molecule has 0 spiro atoms. The molecule has 0 bridgehead atoms. The van der Waals surface area contributed by atoms with Crippen LogP contribution in [0.25, 0.3) is 0 Å². The van der Waals surface area contributed by atoms with Gasteiger partial charge in [0.05, 0.1) is 7.39 Å². The number of benzene rings is 2. The Bertz CT molecular complexity index is 532. The lowest BCUT2D eigenvalue weighted by Crippen LogP contribution is -2.19. The monoisotopic (exact) mass is 242 g/mol. The molecule has 18 heavy (non-hydrogen) atoms. The summed E-state index contributed by atoms with van der Waals surface area (Å²) in [7, 11) is 0. The van der Waals surface area contributed by atoms with E-state index in [2.05, 4.69) is 0 Å². The summed E-state index contributed by atoms with van der Waals surface area (Å²) in [5.41, 5.74) is 8.90. The molecule has 2 aromatic rings. The maximum Gasteiger partial charge on any atom is 0.125 e. The molecule has 0 amide bonds. The van der Waals surface area contributed by atoms with Crippen LogP contribution in [0.3, 0.4) is 0 Å². The molecule has 0 saturated heterocycles. The summed E-state index contributed by atoms with van der Waals surface area (Å²) in [6.07, 6.45) is 0. The molecule has 0 aliphatic heterocycles. The summed E-state index contributed by atoms with van der Waals surface area (Å²) < 4.78 is 14.0. The average Bonchev–Trinajstić information content (AvgIpc) is 2.39. The Morgan fingerprint density at radius 3 is 2.28 bits per heavy atom. The van der Waals surface area contributed by atoms with E-state index in [4.69, 9.17) is 11.8 Å². The fraction of sp³-hybridized carbons (Fsp3) is 0.250. The zero-order chi connectivity index (χ0) is 13.9. The maximum atomic E-state index is 8.21. The van der Waals surface area contributed by atoms with Crippen LogP contribution in [0, 0.1) is 13.8 Å². The van der Waals surface area contributed by atoms with Crippen LogP contribution in [-0.4, -0.2) is 6.61 Å². The third kappa shape index (κ3) is 2.90. The molecule has 2 heteroatoms. The van der Waals surface area contributed by atoms with Crippen LogP contribution in [0.5, 0.6) is 5.75 Å². The van der Waals surface area contributed by atoms with Crippen molar-refractivity contribution in [1.82, 2.24) is 0 Å². The minimum absolute atomic E-state index is 0.128. The van der Waals surface area contributed by atoms with Crippen molar-refractivity contribution in [1.29, 1.82) is 0 Å². The highest BCUT2D eigenvalue weighted by Gasteiger charge is 2.08. The van der Waals surface area contributed by atoms with E-state index in [1.54, 1.807) is 0 Å². The summed E-state index contributed by atoms with van der Waals surface area (Å²) in [5, 5.41) is 0. The number of ether oxygens (including phenoxy) is 1. The molecular formula is C16H19NO. The molecule has 2 aromatic carbocycles. The van der Waals surface area contributed by atoms with Gasteiger partial charge in [0.2, 0.25) is 0 Å². The van der Waals surface area contributed by atoms with E-state index in [1.807, 2.05) is 62.4 Å². The van der Waals surface area contributed by atoms with Gasteiger partial charge in [0.15, 0.2) is 0 Å². The van der Waals surface area contributed by atoms with Gasteiger partial charge in [-0.2, -0.15) is 0 Å². The van der Waals surface area contributed by atoms with Crippen LogP contribution in [0.4, 0.5) is 0 Å². The Kier molecular flexibility index (Phi) is 3.57. The van der Waals surface area contributed by atoms with Crippen molar-refractivity contribution in [3.63, 3.8) is 0 Å². The first-order valence-corrected chi connectivity index (χ1v) is 6.04. The van der Waals surface area contributed by atoms with Gasteiger partial charge >= 0.3 is 0 Å². The van der Waals surface area contributed by atoms with Gasteiger partial charge in [0, 0.05) is 0 Å². The molecule has 0 fully saturated rings. The normalized spacial score (nSPS) is 14.7. The zero-order valence-electron chi connectivity index (χ0n) is 11.8. The van der Waals surface area contributed by atoms with Crippen molar-refractivity contribution < 1.29 is 6.11 Å². The van der Waals surface area contributed by atoms with Crippen molar-refractivity contribution >= 4 is 0 Å². The second-order valence-electron chi connectivity index (χ2n) is 4.40. The first kappa shape index (κ1) is 11.3. The van der Waals surface area contributed by atoms with Gasteiger partial charge in [-0.1, -0.05) is 48.5 Å². The molecule has 0 heterocycles. The summed E-state index contributed by atoms with van der Waals surface area (Å²) in [6.45, 7) is 4.11. The highest BCUT2D eigenvalue weighted by Crippen LogP contribution is 2.23. The average molecular weight is 242 g/mol. The molecule has 2 N–H and O–H groups in total. The number of para-hydroxylation sites is 1. The summed E-state index contributed by atoms with van der Waals surface area (Å²) in [6, 6.07) is 14.1. The van der Waals surface area contributed by atoms with E-state index in [0.29, 0.717) is 0 Å². The fourth-order valence-electron chi connectivity index (χ4n) is 1.91. The van der Waals surface area contributed by atoms with Gasteiger partial charge in [-0.15, -0.1) is 0 Å². The topological polar surface area (TPSA) is 35.2 Å². The third-order valence-corrected chi connectivity index (χ3v) is 2.93. The van der Waals surface area contributed by atoms with Crippen LogP contribution in [0.2, 0.25) is 0 Å². The second kappa shape index (κ2) is 5.69. The summed E-state index contributed by atoms with van der Waals surface area (Å²) in [4.78, 5) is 0. The van der Waals surface area contributed by atoms with E-state index in [0.717, 1.165) is 22.4 Å². The van der Waals surface area contributed by atoms with Crippen LogP contribution in [-0.2, 0) is 0 Å². The van der Waals surface area contributed by atoms with Crippen molar-refractivity contribution in [2.75, 3.05) is 6.61 Å². The van der Waals surface area contributed by atoms with Crippen molar-refractivity contribution in [3.05, 3.63) is 65.2 Å². The van der Waals surface area contributed by atoms with E-state index < -0.39 is 6.02 Å². The first-order chi connectivity index (χ1) is 9.00. The van der Waals surface area contributed by atoms with Gasteiger partial charge in [-0.25, -0.2) is 0 Å². The fourth-order valence-corrected chi connectivity index (χ4v) is 1.91. The molecule has 2 rings (SSSR count). The van der Waals surface area contributed by atoms with Crippen LogP contribution < -0.4 is 10.5 Å². The minimum atomic E-state index is -1.24. The van der Waals surface area contributed by atoms with Gasteiger partial charge < -0.3 is 10.5 Å². The molecule has 0 aliphatic rings. The summed E-state index contributed by atoms with van der Waals surface area (Å²) >= 11 is 0. The Labute approximate surface area is 110 Å². The van der Waals surface area contributed by atoms with Crippen LogP contribution in [0.1, 0.15) is 24.1 Å². The highest BCUT2D eigenvalue weighted by molar-refractivity contribution is 5.39. The Balaban J connectivity index is 2.14. The van der Waals surface area contributed by atoms with Gasteiger partial charge in [-0.3, -0.25) is 0 Å². The molecular weight excluding hydrogens is 222 g/mol. The molecule has 0 aliphatic carbocycles. The van der Waals surface area contributed by atoms with E-state index in [-0.39, 0.29) is 6.61 Å². The van der Waals surface area contributed by atoms with Gasteiger partial charge in [0.1, 0.15) is 12.4 Å². The van der Waals surface area contributed by atoms with Gasteiger partial charge in [-0.05, 0) is 30.5 Å². The van der Waals surface area contributed by atoms with E-state index >= 15 is 0 Å². The first-order valence-electron chi connectivity index (χ1n) is 6.54. The molecule has 0 aromatic heterocycles. The van der Waals surface area contributed by atoms with E-state index in [9.17, 15) is 0 Å². The maximum absolute atomic E-state index is 8.21. The van der Waals surface area contributed by atoms with E-state index in [1.165, 1.54) is 0 Å². The molecule has 1 unspecified atom stereocenters. The lowest BCUT2D eigenvalue weighted by Gasteiger charge is -2.16. The number of nitrogens with two attached hydrogens (primary N) is 1. The molecule has 0 saturated carbocycles. The predicted molar refractivity (Wildman–Crippen MR) is 74.8 cm³/mol. The molecule has 94 valence electrons. The second-order valence-corrected chi connectivity index (χ2v) is 4.40. The zero-order valence-corrected chi connectivity index (χ0v) is 10.8. The van der Waals surface area contributed by atoms with Crippen LogP contribution in [0.15, 0.2) is 48.5 Å². The smallest absolute Gasteiger partial charge is 0.125 e. The lowest BCUT2D eigenvalue weighted by atomic mass is 10.1. The number of hydrogen-bond donors (Lipinski definition) is 1. The van der Waals surface area contributed by atoms with Crippen molar-refractivity contribution in [3.8, 4) is 5.75 Å². The SMILES string of the molecule is [2H]C(N)(COc1c(C)cccc1C)c1ccccc1. The van der Waals surface area contributed by atoms with Crippen molar-refractivity contribution in [2.24, 2.45) is 5.73 Å². The minimum Gasteiger partial charge on any atom is -0.491 e. The lowest BCUT2D eigenvalue weighted by molar-refractivity contribution is 0.287. The Morgan fingerprint density at radius 1 is 1.06 bits per heavy atom. The standard InChI is InChI=1S/C16H19NO/c1-12-7-6-8-13(2)16(12)18-11-15(17)14-9-4-3-5-10-14/h3-10,15H,11,17H2,1-2H3/i15D.